The summed E-state index contributed by atoms with van der Waals surface area (Å²) in [5, 5.41) is 10.1. The van der Waals surface area contributed by atoms with Gasteiger partial charge in [-0.25, -0.2) is 4.39 Å². The number of halogens is 2. The molecule has 0 aromatic heterocycles. The summed E-state index contributed by atoms with van der Waals surface area (Å²) in [5.74, 6) is -1.61. The largest absolute Gasteiger partial charge is 0.454 e. The summed E-state index contributed by atoms with van der Waals surface area (Å²) in [5.41, 5.74) is 1.08. The van der Waals surface area contributed by atoms with Crippen LogP contribution in [0, 0.1) is 29.0 Å². The summed E-state index contributed by atoms with van der Waals surface area (Å²) in [6, 6.07) is 23.9. The molecule has 6 heteroatoms. The molecule has 4 nitrogen and oxygen atoms in total. The Morgan fingerprint density at radius 1 is 1.03 bits per heavy atom. The number of ether oxygens (including phenoxy) is 2. The van der Waals surface area contributed by atoms with E-state index in [1.165, 1.54) is 18.2 Å². The molecule has 168 valence electrons. The van der Waals surface area contributed by atoms with E-state index in [-0.39, 0.29) is 11.7 Å². The summed E-state index contributed by atoms with van der Waals surface area (Å²) < 4.78 is 25.4. The van der Waals surface area contributed by atoms with Gasteiger partial charge in [-0.15, -0.1) is 0 Å². The highest BCUT2D eigenvalue weighted by molar-refractivity contribution is 6.48. The van der Waals surface area contributed by atoms with Crippen molar-refractivity contribution in [2.45, 2.75) is 20.0 Å². The fraction of sp³-hybridized carbons (Fsp3) is 0.185. The van der Waals surface area contributed by atoms with Crippen molar-refractivity contribution in [3.05, 3.63) is 102 Å². The highest BCUT2D eigenvalue weighted by atomic mass is 35.5. The van der Waals surface area contributed by atoms with Crippen LogP contribution in [-0.4, -0.2) is 5.97 Å². The van der Waals surface area contributed by atoms with E-state index < -0.39 is 23.8 Å². The second-order valence-corrected chi connectivity index (χ2v) is 8.11. The number of hydrogen-bond donors (Lipinski definition) is 0. The third-order valence-corrected chi connectivity index (χ3v) is 5.29. The first-order valence-corrected chi connectivity index (χ1v) is 10.8. The fourth-order valence-corrected chi connectivity index (χ4v) is 3.39. The van der Waals surface area contributed by atoms with Crippen molar-refractivity contribution >= 4 is 22.6 Å². The third-order valence-electron chi connectivity index (χ3n) is 4.95. The number of nitrogens with zero attached hydrogens (tertiary/aromatic N) is 1. The van der Waals surface area contributed by atoms with Crippen LogP contribution in [0.3, 0.4) is 0 Å². The summed E-state index contributed by atoms with van der Waals surface area (Å²) in [6.07, 6.45) is 0.397. The number of nitriles is 1. The zero-order valence-corrected chi connectivity index (χ0v) is 19.0. The van der Waals surface area contributed by atoms with E-state index in [2.05, 4.69) is 0 Å². The van der Waals surface area contributed by atoms with E-state index in [1.807, 2.05) is 56.3 Å². The van der Waals surface area contributed by atoms with Crippen molar-refractivity contribution in [2.75, 3.05) is 0 Å². The maximum atomic E-state index is 14.3. The molecular weight excluding hydrogens is 441 g/mol. The lowest BCUT2D eigenvalue weighted by Gasteiger charge is -2.20. The Morgan fingerprint density at radius 3 is 2.27 bits per heavy atom. The van der Waals surface area contributed by atoms with Gasteiger partial charge in [-0.2, -0.15) is 5.26 Å². The molecule has 0 bridgehead atoms. The van der Waals surface area contributed by atoms with Crippen molar-refractivity contribution in [1.82, 2.24) is 0 Å². The topological polar surface area (TPSA) is 59.3 Å². The van der Waals surface area contributed by atoms with Crippen LogP contribution in [0.5, 0.6) is 11.5 Å². The molecule has 3 rings (SSSR count). The standard InChI is InChI=1S/C27H23ClFNO3/c1-18(2)22(16-23(28)19-9-5-3-6-10-19)27(31)33-26(17-30)20-13-14-24(29)25(15-20)32-21-11-7-4-8-12-21/h3-16,18,22,26H,1-2H3/b23-16+. The first kappa shape index (κ1) is 24.0. The van der Waals surface area contributed by atoms with Gasteiger partial charge >= 0.3 is 5.97 Å². The van der Waals surface area contributed by atoms with Crippen LogP contribution < -0.4 is 4.74 Å². The molecule has 3 aromatic rings. The third kappa shape index (κ3) is 6.44. The maximum absolute atomic E-state index is 14.3. The molecule has 2 atom stereocenters. The molecular formula is C27H23ClFNO3. The van der Waals surface area contributed by atoms with Crippen LogP contribution in [0.1, 0.15) is 31.1 Å². The Hall–Kier alpha value is -3.62. The SMILES string of the molecule is CC(C)C(/C=C(/Cl)c1ccccc1)C(=O)OC(C#N)c1ccc(F)c(Oc2ccccc2)c1. The predicted octanol–water partition coefficient (Wildman–Crippen LogP) is 7.28. The zero-order valence-electron chi connectivity index (χ0n) is 18.2. The number of benzene rings is 3. The molecule has 0 fully saturated rings. The van der Waals surface area contributed by atoms with Crippen LogP contribution in [0.4, 0.5) is 4.39 Å². The molecule has 3 aromatic carbocycles. The highest BCUT2D eigenvalue weighted by Gasteiger charge is 2.27. The van der Waals surface area contributed by atoms with Crippen molar-refractivity contribution in [2.24, 2.45) is 11.8 Å². The van der Waals surface area contributed by atoms with Gasteiger partial charge in [-0.3, -0.25) is 4.79 Å². The molecule has 0 aliphatic heterocycles. The van der Waals surface area contributed by atoms with Gasteiger partial charge in [0.1, 0.15) is 11.8 Å². The normalized spacial score (nSPS) is 13.2. The van der Waals surface area contributed by atoms with Crippen LogP contribution in [0.25, 0.3) is 5.03 Å². The van der Waals surface area contributed by atoms with Crippen molar-refractivity contribution < 1.29 is 18.7 Å². The van der Waals surface area contributed by atoms with E-state index >= 15 is 0 Å². The van der Waals surface area contributed by atoms with Crippen LogP contribution in [-0.2, 0) is 9.53 Å². The number of carbonyl (C=O) groups is 1. The lowest BCUT2D eigenvalue weighted by Crippen LogP contribution is -2.23. The quantitative estimate of drug-likeness (QED) is 0.329. The van der Waals surface area contributed by atoms with E-state index in [0.29, 0.717) is 16.3 Å². The van der Waals surface area contributed by atoms with E-state index in [0.717, 1.165) is 5.56 Å². The maximum Gasteiger partial charge on any atom is 0.314 e. The average molecular weight is 464 g/mol. The van der Waals surface area contributed by atoms with E-state index in [1.54, 1.807) is 30.3 Å². The molecule has 0 saturated heterocycles. The van der Waals surface area contributed by atoms with E-state index in [4.69, 9.17) is 21.1 Å². The summed E-state index contributed by atoms with van der Waals surface area (Å²) in [4.78, 5) is 13.0. The van der Waals surface area contributed by atoms with Gasteiger partial charge in [0.05, 0.1) is 5.92 Å². The van der Waals surface area contributed by atoms with E-state index in [9.17, 15) is 14.4 Å². The molecule has 0 heterocycles. The number of rotatable bonds is 8. The summed E-state index contributed by atoms with van der Waals surface area (Å²) >= 11 is 6.42. The predicted molar refractivity (Wildman–Crippen MR) is 126 cm³/mol. The Kier molecular flexibility index (Phi) is 8.23. The molecule has 0 amide bonds. The van der Waals surface area contributed by atoms with Crippen molar-refractivity contribution in [3.8, 4) is 17.6 Å². The number of carbonyl (C=O) groups excluding carboxylic acids is 1. The van der Waals surface area contributed by atoms with Gasteiger partial charge in [0, 0.05) is 10.6 Å². The Labute approximate surface area is 197 Å². The van der Waals surface area contributed by atoms with Crippen LogP contribution in [0.2, 0.25) is 0 Å². The van der Waals surface area contributed by atoms with Gasteiger partial charge < -0.3 is 9.47 Å². The Bertz CT molecular complexity index is 1160. The summed E-state index contributed by atoms with van der Waals surface area (Å²) in [7, 11) is 0. The highest BCUT2D eigenvalue weighted by Crippen LogP contribution is 2.31. The van der Waals surface area contributed by atoms with Gasteiger partial charge in [-0.05, 0) is 35.7 Å². The fourth-order valence-electron chi connectivity index (χ4n) is 3.12. The molecule has 0 aliphatic carbocycles. The van der Waals surface area contributed by atoms with Gasteiger partial charge in [-0.1, -0.05) is 86.1 Å². The molecule has 0 radical (unpaired) electrons. The minimum absolute atomic E-state index is 0.0672. The number of para-hydroxylation sites is 1. The lowest BCUT2D eigenvalue weighted by molar-refractivity contribution is -0.151. The molecule has 0 spiro atoms. The lowest BCUT2D eigenvalue weighted by atomic mass is 9.94. The van der Waals surface area contributed by atoms with Gasteiger partial charge in [0.15, 0.2) is 11.6 Å². The Morgan fingerprint density at radius 2 is 1.67 bits per heavy atom. The second-order valence-electron chi connectivity index (χ2n) is 7.70. The molecule has 33 heavy (non-hydrogen) atoms. The van der Waals surface area contributed by atoms with Gasteiger partial charge in [0.2, 0.25) is 6.10 Å². The minimum atomic E-state index is -1.23. The monoisotopic (exact) mass is 463 g/mol. The smallest absolute Gasteiger partial charge is 0.314 e. The van der Waals surface area contributed by atoms with Gasteiger partial charge in [0.25, 0.3) is 0 Å². The second kappa shape index (κ2) is 11.3. The molecule has 0 N–H and O–H groups in total. The minimum Gasteiger partial charge on any atom is -0.454 e. The molecule has 0 aliphatic rings. The van der Waals surface area contributed by atoms with Crippen molar-refractivity contribution in [3.63, 3.8) is 0 Å². The van der Waals surface area contributed by atoms with Crippen LogP contribution >= 0.6 is 11.6 Å². The summed E-state index contributed by atoms with van der Waals surface area (Å²) in [6.45, 7) is 3.73. The van der Waals surface area contributed by atoms with Crippen molar-refractivity contribution in [1.29, 1.82) is 5.26 Å². The van der Waals surface area contributed by atoms with Crippen LogP contribution in [0.15, 0.2) is 84.9 Å². The molecule has 0 saturated carbocycles. The Balaban J connectivity index is 1.81. The number of hydrogen-bond acceptors (Lipinski definition) is 4. The molecule has 2 unspecified atom stereocenters. The average Bonchev–Trinajstić information content (AvgIpc) is 2.83. The first-order chi connectivity index (χ1) is 15.9. The first-order valence-electron chi connectivity index (χ1n) is 10.4. The number of esters is 1. The zero-order chi connectivity index (χ0) is 23.8.